The molecular formula is C26H18BrNO4. The van der Waals surface area contributed by atoms with E-state index in [1.54, 1.807) is 24.3 Å². The van der Waals surface area contributed by atoms with E-state index in [9.17, 15) is 14.4 Å². The highest BCUT2D eigenvalue weighted by Gasteiger charge is 2.67. The number of anilines is 1. The van der Waals surface area contributed by atoms with Crippen LogP contribution in [0.3, 0.4) is 0 Å². The summed E-state index contributed by atoms with van der Waals surface area (Å²) in [6, 6.07) is 22.6. The van der Waals surface area contributed by atoms with Gasteiger partial charge in [0.05, 0.1) is 34.5 Å². The Balaban J connectivity index is 1.52. The normalized spacial score (nSPS) is 27.1. The molecule has 1 aliphatic heterocycles. The maximum Gasteiger partial charge on any atom is 0.337 e. The monoisotopic (exact) mass is 487 g/mol. The highest BCUT2D eigenvalue weighted by atomic mass is 79.9. The third kappa shape index (κ3) is 2.25. The van der Waals surface area contributed by atoms with Gasteiger partial charge in [0.15, 0.2) is 0 Å². The molecule has 3 aromatic carbocycles. The maximum atomic E-state index is 13.8. The highest BCUT2D eigenvalue weighted by molar-refractivity contribution is 9.09. The van der Waals surface area contributed by atoms with Gasteiger partial charge in [0, 0.05) is 5.92 Å². The van der Waals surface area contributed by atoms with Crippen LogP contribution in [0.2, 0.25) is 0 Å². The Labute approximate surface area is 193 Å². The summed E-state index contributed by atoms with van der Waals surface area (Å²) in [5, 5.41) is 0. The van der Waals surface area contributed by atoms with Crippen molar-refractivity contribution in [3.63, 3.8) is 0 Å². The van der Waals surface area contributed by atoms with Crippen LogP contribution < -0.4 is 4.90 Å². The van der Waals surface area contributed by atoms with Gasteiger partial charge in [-0.25, -0.2) is 9.69 Å². The van der Waals surface area contributed by atoms with Gasteiger partial charge in [-0.05, 0) is 46.5 Å². The zero-order valence-electron chi connectivity index (χ0n) is 17.1. The Morgan fingerprint density at radius 2 is 1.44 bits per heavy atom. The molecule has 3 aromatic rings. The molecule has 0 aromatic heterocycles. The van der Waals surface area contributed by atoms with Crippen molar-refractivity contribution in [3.8, 4) is 0 Å². The minimum atomic E-state index is -0.771. The Morgan fingerprint density at radius 1 is 0.875 bits per heavy atom. The molecule has 7 rings (SSSR count). The first kappa shape index (κ1) is 19.4. The lowest BCUT2D eigenvalue weighted by molar-refractivity contribution is -0.122. The summed E-state index contributed by atoms with van der Waals surface area (Å²) in [6.45, 7) is 0. The van der Waals surface area contributed by atoms with Crippen LogP contribution in [0.5, 0.6) is 0 Å². The molecule has 1 fully saturated rings. The second-order valence-electron chi connectivity index (χ2n) is 8.42. The smallest absolute Gasteiger partial charge is 0.337 e. The molecule has 1 saturated heterocycles. The standard InChI is InChI=1S/C26H18BrNO4/c1-32-25(31)14-10-12-15(13-11-14)28-23(29)21-20-16-6-2-4-8-18(16)26(27,22(21)24(28)30)19-9-5-3-7-17(19)20/h2-13,20-22H,1H3/t20?,21-,22-,26?/m1/s1. The summed E-state index contributed by atoms with van der Waals surface area (Å²) < 4.78 is 3.98. The number of methoxy groups -OCH3 is 1. The molecule has 1 heterocycles. The molecule has 0 saturated carbocycles. The number of hydrogen-bond acceptors (Lipinski definition) is 4. The molecule has 5 nitrogen and oxygen atoms in total. The van der Waals surface area contributed by atoms with Gasteiger partial charge in [-0.1, -0.05) is 64.5 Å². The van der Waals surface area contributed by atoms with Gasteiger partial charge in [-0.15, -0.1) is 0 Å². The van der Waals surface area contributed by atoms with Gasteiger partial charge < -0.3 is 4.74 Å². The number of amides is 2. The van der Waals surface area contributed by atoms with Crippen LogP contribution >= 0.6 is 15.9 Å². The molecule has 32 heavy (non-hydrogen) atoms. The second kappa shape index (κ2) is 6.62. The first-order valence-corrected chi connectivity index (χ1v) is 11.2. The van der Waals surface area contributed by atoms with Crippen LogP contribution in [0.15, 0.2) is 72.8 Å². The van der Waals surface area contributed by atoms with Crippen LogP contribution in [0.4, 0.5) is 5.69 Å². The lowest BCUT2D eigenvalue weighted by Crippen LogP contribution is -2.50. The predicted octanol–water partition coefficient (Wildman–Crippen LogP) is 4.38. The molecule has 2 amide bonds. The summed E-state index contributed by atoms with van der Waals surface area (Å²) >= 11 is 3.98. The maximum absolute atomic E-state index is 13.8. The average molecular weight is 488 g/mol. The lowest BCUT2D eigenvalue weighted by atomic mass is 9.55. The van der Waals surface area contributed by atoms with Gasteiger partial charge in [0.2, 0.25) is 11.8 Å². The van der Waals surface area contributed by atoms with E-state index in [4.69, 9.17) is 4.74 Å². The summed E-state index contributed by atoms with van der Waals surface area (Å²) in [7, 11) is 1.31. The molecule has 158 valence electrons. The number of hydrogen-bond donors (Lipinski definition) is 0. The van der Waals surface area contributed by atoms with Crippen LogP contribution in [-0.2, 0) is 18.7 Å². The zero-order chi connectivity index (χ0) is 22.2. The number of esters is 1. The number of rotatable bonds is 2. The van der Waals surface area contributed by atoms with Crippen molar-refractivity contribution in [1.29, 1.82) is 0 Å². The van der Waals surface area contributed by atoms with Gasteiger partial charge in [0.1, 0.15) is 0 Å². The molecular weight excluding hydrogens is 470 g/mol. The number of alkyl halides is 1. The summed E-state index contributed by atoms with van der Waals surface area (Å²) in [5.41, 5.74) is 5.11. The van der Waals surface area contributed by atoms with E-state index in [0.717, 1.165) is 22.3 Å². The van der Waals surface area contributed by atoms with E-state index in [1.807, 2.05) is 24.3 Å². The number of halogens is 1. The van der Waals surface area contributed by atoms with Crippen molar-refractivity contribution in [2.75, 3.05) is 12.0 Å². The average Bonchev–Trinajstić information content (AvgIpc) is 3.10. The summed E-state index contributed by atoms with van der Waals surface area (Å²) in [5.74, 6) is -2.12. The first-order valence-electron chi connectivity index (χ1n) is 10.4. The quantitative estimate of drug-likeness (QED) is 0.305. The van der Waals surface area contributed by atoms with Gasteiger partial charge >= 0.3 is 5.97 Å². The third-order valence-electron chi connectivity index (χ3n) is 7.06. The number of carbonyl (C=O) groups is 3. The zero-order valence-corrected chi connectivity index (χ0v) is 18.7. The van der Waals surface area contributed by atoms with E-state index in [-0.39, 0.29) is 17.7 Å². The van der Waals surface area contributed by atoms with Crippen LogP contribution in [0.1, 0.15) is 38.5 Å². The topological polar surface area (TPSA) is 63.7 Å². The Morgan fingerprint density at radius 3 is 2.00 bits per heavy atom. The van der Waals surface area contributed by atoms with E-state index >= 15 is 0 Å². The highest BCUT2D eigenvalue weighted by Crippen LogP contribution is 2.66. The molecule has 2 atom stereocenters. The number of nitrogens with zero attached hydrogens (tertiary/aromatic N) is 1. The van der Waals surface area contributed by atoms with Crippen molar-refractivity contribution in [1.82, 2.24) is 0 Å². The fourth-order valence-electron chi connectivity index (χ4n) is 5.80. The number of ether oxygens (including phenoxy) is 1. The third-order valence-corrected chi connectivity index (χ3v) is 8.41. The van der Waals surface area contributed by atoms with Crippen LogP contribution in [0, 0.1) is 11.8 Å². The first-order chi connectivity index (χ1) is 15.5. The Kier molecular flexibility index (Phi) is 4.02. The van der Waals surface area contributed by atoms with E-state index in [2.05, 4.69) is 40.2 Å². The summed E-state index contributed by atoms with van der Waals surface area (Å²) in [6.07, 6.45) is 0. The summed E-state index contributed by atoms with van der Waals surface area (Å²) in [4.78, 5) is 40.7. The van der Waals surface area contributed by atoms with Gasteiger partial charge in [-0.2, -0.15) is 0 Å². The molecule has 0 N–H and O–H groups in total. The molecule has 0 unspecified atom stereocenters. The van der Waals surface area contributed by atoms with Crippen LogP contribution in [-0.4, -0.2) is 24.9 Å². The van der Waals surface area contributed by atoms with Crippen LogP contribution in [0.25, 0.3) is 0 Å². The fourth-order valence-corrected chi connectivity index (χ4v) is 7.00. The number of imide groups is 1. The molecule has 2 bridgehead atoms. The lowest BCUT2D eigenvalue weighted by Gasteiger charge is -2.51. The Hall–Kier alpha value is -3.25. The molecule has 4 aliphatic rings. The largest absolute Gasteiger partial charge is 0.465 e. The number of carbonyl (C=O) groups excluding carboxylic acids is 3. The van der Waals surface area contributed by atoms with Gasteiger partial charge in [-0.3, -0.25) is 9.59 Å². The fraction of sp³-hybridized carbons (Fsp3) is 0.192. The Bertz CT molecular complexity index is 1270. The van der Waals surface area contributed by atoms with Crippen molar-refractivity contribution >= 4 is 39.4 Å². The van der Waals surface area contributed by atoms with Crippen molar-refractivity contribution in [2.24, 2.45) is 11.8 Å². The van der Waals surface area contributed by atoms with E-state index < -0.39 is 22.1 Å². The molecule has 0 radical (unpaired) electrons. The van der Waals surface area contributed by atoms with Crippen molar-refractivity contribution in [3.05, 3.63) is 101 Å². The predicted molar refractivity (Wildman–Crippen MR) is 122 cm³/mol. The van der Waals surface area contributed by atoms with Gasteiger partial charge in [0.25, 0.3) is 0 Å². The van der Waals surface area contributed by atoms with Crippen molar-refractivity contribution < 1.29 is 19.1 Å². The van der Waals surface area contributed by atoms with Crippen molar-refractivity contribution in [2.45, 2.75) is 10.2 Å². The SMILES string of the molecule is COC(=O)c1ccc(N2C(=O)[C@@H]3C4c5ccccc5C(Br)(c5ccccc54)[C@H]3C2=O)cc1. The number of benzene rings is 3. The second-order valence-corrected chi connectivity index (χ2v) is 9.67. The minimum Gasteiger partial charge on any atom is -0.465 e. The molecule has 6 heteroatoms. The molecule has 3 aliphatic carbocycles. The van der Waals surface area contributed by atoms with E-state index in [1.165, 1.54) is 12.0 Å². The molecule has 0 spiro atoms. The minimum absolute atomic E-state index is 0.178. The van der Waals surface area contributed by atoms with E-state index in [0.29, 0.717) is 11.3 Å².